The number of ketones is 1. The average molecular weight is 456 g/mol. The van der Waals surface area contributed by atoms with Gasteiger partial charge >= 0.3 is 5.97 Å². The molecule has 0 bridgehead atoms. The van der Waals surface area contributed by atoms with Gasteiger partial charge in [0, 0.05) is 22.2 Å². The molecule has 9 heteroatoms. The fraction of sp³-hybridized carbons (Fsp3) is 0.300. The van der Waals surface area contributed by atoms with Crippen molar-refractivity contribution in [2.24, 2.45) is 0 Å². The lowest BCUT2D eigenvalue weighted by Crippen LogP contribution is -2.34. The largest absolute Gasteiger partial charge is 0.457 e. The van der Waals surface area contributed by atoms with Gasteiger partial charge in [-0.3, -0.25) is 13.9 Å². The molecule has 0 fully saturated rings. The van der Waals surface area contributed by atoms with Crippen molar-refractivity contribution in [1.82, 2.24) is 0 Å². The second kappa shape index (κ2) is 8.73. The van der Waals surface area contributed by atoms with E-state index in [2.05, 4.69) is 0 Å². The van der Waals surface area contributed by atoms with Crippen LogP contribution in [0, 0.1) is 0 Å². The molecule has 1 aliphatic rings. The van der Waals surface area contributed by atoms with Crippen LogP contribution in [-0.4, -0.2) is 39.6 Å². The summed E-state index contributed by atoms with van der Waals surface area (Å²) >= 11 is 11.9. The minimum absolute atomic E-state index is 0.0726. The van der Waals surface area contributed by atoms with Gasteiger partial charge in [0.15, 0.2) is 12.4 Å². The van der Waals surface area contributed by atoms with Gasteiger partial charge < -0.3 is 4.74 Å². The number of hydrogen-bond acceptors (Lipinski definition) is 5. The van der Waals surface area contributed by atoms with Crippen molar-refractivity contribution in [3.8, 4) is 0 Å². The first-order valence-corrected chi connectivity index (χ1v) is 11.5. The van der Waals surface area contributed by atoms with Crippen LogP contribution in [0.2, 0.25) is 10.0 Å². The Kier molecular flexibility index (Phi) is 6.51. The van der Waals surface area contributed by atoms with Crippen molar-refractivity contribution < 1.29 is 22.7 Å². The van der Waals surface area contributed by atoms with Crippen LogP contribution in [0.4, 0.5) is 5.69 Å². The predicted octanol–water partition coefficient (Wildman–Crippen LogP) is 3.67. The molecule has 0 aliphatic carbocycles. The third-order valence-corrected chi connectivity index (χ3v) is 6.36. The summed E-state index contributed by atoms with van der Waals surface area (Å²) in [5.74, 6) is -0.941. The Balaban J connectivity index is 1.64. The number of carbonyl (C=O) groups excluding carboxylic acids is 2. The van der Waals surface area contributed by atoms with Gasteiger partial charge in [0.25, 0.3) is 0 Å². The number of benzene rings is 2. The van der Waals surface area contributed by atoms with Gasteiger partial charge in [0.2, 0.25) is 10.0 Å². The zero-order valence-corrected chi connectivity index (χ0v) is 18.0. The molecular weight excluding hydrogens is 437 g/mol. The van der Waals surface area contributed by atoms with E-state index in [1.165, 1.54) is 10.4 Å². The summed E-state index contributed by atoms with van der Waals surface area (Å²) in [4.78, 5) is 24.5. The highest BCUT2D eigenvalue weighted by molar-refractivity contribution is 7.92. The molecule has 0 saturated heterocycles. The number of anilines is 1. The highest BCUT2D eigenvalue weighted by Gasteiger charge is 2.25. The zero-order chi connectivity index (χ0) is 21.2. The maximum absolute atomic E-state index is 12.4. The molecular formula is C20H19Cl2NO5S. The molecule has 0 unspecified atom stereocenters. The van der Waals surface area contributed by atoms with E-state index in [1.54, 1.807) is 30.3 Å². The van der Waals surface area contributed by atoms with E-state index in [0.717, 1.165) is 11.8 Å². The van der Waals surface area contributed by atoms with Gasteiger partial charge in [0.1, 0.15) is 0 Å². The Bertz CT molecular complexity index is 1070. The van der Waals surface area contributed by atoms with E-state index in [1.807, 2.05) is 0 Å². The first-order chi connectivity index (χ1) is 13.6. The average Bonchev–Trinajstić information content (AvgIpc) is 2.66. The Hall–Kier alpha value is -2.09. The van der Waals surface area contributed by atoms with Crippen molar-refractivity contribution in [3.05, 3.63) is 63.1 Å². The van der Waals surface area contributed by atoms with Crippen LogP contribution in [0.3, 0.4) is 0 Å². The number of fused-ring (bicyclic) bond motifs is 1. The number of sulfonamides is 1. The van der Waals surface area contributed by atoms with Gasteiger partial charge in [0.05, 0.1) is 18.4 Å². The minimum atomic E-state index is -3.37. The molecule has 29 heavy (non-hydrogen) atoms. The highest BCUT2D eigenvalue weighted by atomic mass is 35.5. The van der Waals surface area contributed by atoms with E-state index in [-0.39, 0.29) is 12.2 Å². The topological polar surface area (TPSA) is 80.8 Å². The smallest absolute Gasteiger partial charge is 0.310 e. The SMILES string of the molecule is CS(=O)(=O)N1CCCc2cc(C(=O)COC(=O)Cc3ccc(Cl)cc3Cl)ccc21. The van der Waals surface area contributed by atoms with Gasteiger partial charge in [-0.1, -0.05) is 29.3 Å². The number of ether oxygens (including phenoxy) is 1. The van der Waals surface area contributed by atoms with E-state index in [4.69, 9.17) is 27.9 Å². The number of halogens is 2. The highest BCUT2D eigenvalue weighted by Crippen LogP contribution is 2.30. The Morgan fingerprint density at radius 3 is 2.59 bits per heavy atom. The van der Waals surface area contributed by atoms with Crippen LogP contribution in [0.15, 0.2) is 36.4 Å². The van der Waals surface area contributed by atoms with E-state index < -0.39 is 22.6 Å². The lowest BCUT2D eigenvalue weighted by atomic mass is 9.99. The fourth-order valence-corrected chi connectivity index (χ4v) is 4.65. The van der Waals surface area contributed by atoms with Crippen molar-refractivity contribution in [2.45, 2.75) is 19.3 Å². The van der Waals surface area contributed by atoms with Gasteiger partial charge in [-0.25, -0.2) is 8.42 Å². The maximum atomic E-state index is 12.4. The van der Waals surface area contributed by atoms with Crippen molar-refractivity contribution in [3.63, 3.8) is 0 Å². The first kappa shape index (κ1) is 21.6. The third kappa shape index (κ3) is 5.29. The standard InChI is InChI=1S/C20H19Cl2NO5S/c1-29(26,27)23-8-2-3-14-9-15(5-7-18(14)23)19(24)12-28-20(25)10-13-4-6-16(21)11-17(13)22/h4-7,9,11H,2-3,8,10,12H2,1H3. The van der Waals surface area contributed by atoms with Crippen molar-refractivity contribution >= 4 is 50.7 Å². The van der Waals surface area contributed by atoms with Crippen LogP contribution in [0.25, 0.3) is 0 Å². The van der Waals surface area contributed by atoms with Gasteiger partial charge in [-0.2, -0.15) is 0 Å². The molecule has 0 atom stereocenters. The lowest BCUT2D eigenvalue weighted by molar-refractivity contribution is -0.141. The second-order valence-electron chi connectivity index (χ2n) is 6.78. The Morgan fingerprint density at radius 2 is 1.90 bits per heavy atom. The van der Waals surface area contributed by atoms with E-state index in [9.17, 15) is 18.0 Å². The molecule has 0 amide bonds. The number of Topliss-reactive ketones (excluding diaryl/α,β-unsaturated/α-hetero) is 1. The second-order valence-corrected chi connectivity index (χ2v) is 9.53. The van der Waals surface area contributed by atoms with E-state index in [0.29, 0.717) is 46.2 Å². The summed E-state index contributed by atoms with van der Waals surface area (Å²) in [5.41, 5.74) is 2.30. The minimum Gasteiger partial charge on any atom is -0.457 e. The molecule has 154 valence electrons. The van der Waals surface area contributed by atoms with Crippen LogP contribution in [0.1, 0.15) is 27.9 Å². The molecule has 0 N–H and O–H groups in total. The molecule has 0 aromatic heterocycles. The summed E-state index contributed by atoms with van der Waals surface area (Å²) in [6.45, 7) is 0.0165. The maximum Gasteiger partial charge on any atom is 0.310 e. The summed E-state index contributed by atoms with van der Waals surface area (Å²) in [7, 11) is -3.37. The lowest BCUT2D eigenvalue weighted by Gasteiger charge is -2.29. The molecule has 3 rings (SSSR count). The van der Waals surface area contributed by atoms with Gasteiger partial charge in [-0.15, -0.1) is 0 Å². The number of nitrogens with zero attached hydrogens (tertiary/aromatic N) is 1. The molecule has 0 radical (unpaired) electrons. The molecule has 1 heterocycles. The zero-order valence-electron chi connectivity index (χ0n) is 15.7. The van der Waals surface area contributed by atoms with E-state index >= 15 is 0 Å². The predicted molar refractivity (Wildman–Crippen MR) is 112 cm³/mol. The first-order valence-electron chi connectivity index (χ1n) is 8.88. The fourth-order valence-electron chi connectivity index (χ4n) is 3.18. The van der Waals surface area contributed by atoms with Crippen LogP contribution in [-0.2, 0) is 32.4 Å². The molecule has 2 aromatic rings. The van der Waals surface area contributed by atoms with Crippen LogP contribution < -0.4 is 4.31 Å². The van der Waals surface area contributed by atoms with Gasteiger partial charge in [-0.05, 0) is 54.3 Å². The third-order valence-electron chi connectivity index (χ3n) is 4.59. The molecule has 1 aliphatic heterocycles. The number of hydrogen-bond donors (Lipinski definition) is 0. The normalized spacial score (nSPS) is 13.7. The van der Waals surface area contributed by atoms with Crippen molar-refractivity contribution in [1.29, 1.82) is 0 Å². The summed E-state index contributed by atoms with van der Waals surface area (Å²) in [6.07, 6.45) is 2.44. The quantitative estimate of drug-likeness (QED) is 0.490. The van der Waals surface area contributed by atoms with Crippen molar-refractivity contribution in [2.75, 3.05) is 23.7 Å². The molecule has 6 nitrogen and oxygen atoms in total. The molecule has 0 spiro atoms. The van der Waals surface area contributed by atoms with Crippen LogP contribution in [0.5, 0.6) is 0 Å². The molecule has 0 saturated carbocycles. The number of rotatable bonds is 6. The number of esters is 1. The summed E-state index contributed by atoms with van der Waals surface area (Å²) in [5, 5.41) is 0.815. The Morgan fingerprint density at radius 1 is 1.14 bits per heavy atom. The summed E-state index contributed by atoms with van der Waals surface area (Å²) in [6, 6.07) is 9.62. The number of carbonyl (C=O) groups is 2. The monoisotopic (exact) mass is 455 g/mol. The molecule has 2 aromatic carbocycles. The number of aryl methyl sites for hydroxylation is 1. The summed E-state index contributed by atoms with van der Waals surface area (Å²) < 4.78 is 30.3. The Labute approximate surface area is 179 Å². The van der Waals surface area contributed by atoms with Crippen LogP contribution >= 0.6 is 23.2 Å².